The molecule has 2 aromatic rings. The van der Waals surface area contributed by atoms with Crippen LogP contribution in [0.15, 0.2) is 18.2 Å². The first-order chi connectivity index (χ1) is 8.19. The lowest BCUT2D eigenvalue weighted by Gasteiger charge is -1.99. The zero-order valence-corrected chi connectivity index (χ0v) is 10.0. The average Bonchev–Trinajstić information content (AvgIpc) is 2.71. The molecule has 90 valence electrons. The van der Waals surface area contributed by atoms with Crippen molar-refractivity contribution in [1.29, 1.82) is 0 Å². The summed E-state index contributed by atoms with van der Waals surface area (Å²) in [6, 6.07) is 3.56. The number of benzene rings is 1. The maximum atomic E-state index is 13.4. The van der Waals surface area contributed by atoms with E-state index in [1.165, 1.54) is 23.5 Å². The van der Waals surface area contributed by atoms with Crippen molar-refractivity contribution in [3.05, 3.63) is 45.4 Å². The fourth-order valence-electron chi connectivity index (χ4n) is 1.41. The van der Waals surface area contributed by atoms with Crippen molar-refractivity contribution in [3.8, 4) is 0 Å². The van der Waals surface area contributed by atoms with Crippen LogP contribution >= 0.6 is 11.3 Å². The van der Waals surface area contributed by atoms with Crippen molar-refractivity contribution in [2.24, 2.45) is 0 Å². The molecule has 1 heterocycles. The number of nitrogens with one attached hydrogen (secondary N) is 1. The fraction of sp³-hybridized carbons (Fsp3) is 0.273. The van der Waals surface area contributed by atoms with Gasteiger partial charge in [0.1, 0.15) is 21.6 Å². The van der Waals surface area contributed by atoms with Crippen LogP contribution in [0.5, 0.6) is 0 Å². The van der Waals surface area contributed by atoms with Gasteiger partial charge in [0.25, 0.3) is 0 Å². The molecule has 0 fully saturated rings. The van der Waals surface area contributed by atoms with Crippen LogP contribution < -0.4 is 5.32 Å². The highest BCUT2D eigenvalue weighted by molar-refractivity contribution is 7.11. The summed E-state index contributed by atoms with van der Waals surface area (Å²) in [7, 11) is 1.82. The van der Waals surface area contributed by atoms with Gasteiger partial charge in [-0.15, -0.1) is 10.2 Å². The summed E-state index contributed by atoms with van der Waals surface area (Å²) in [4.78, 5) is 0. The lowest BCUT2D eigenvalue weighted by Crippen LogP contribution is -2.04. The van der Waals surface area contributed by atoms with E-state index in [1.54, 1.807) is 0 Å². The Morgan fingerprint density at radius 2 is 2.00 bits per heavy atom. The van der Waals surface area contributed by atoms with Gasteiger partial charge >= 0.3 is 0 Å². The molecule has 0 amide bonds. The molecule has 0 aliphatic rings. The van der Waals surface area contributed by atoms with E-state index in [1.807, 2.05) is 7.05 Å². The van der Waals surface area contributed by atoms with E-state index in [2.05, 4.69) is 15.5 Å². The molecule has 0 unspecified atom stereocenters. The molecule has 1 aromatic heterocycles. The smallest absolute Gasteiger partial charge is 0.131 e. The van der Waals surface area contributed by atoms with E-state index in [-0.39, 0.29) is 0 Å². The van der Waals surface area contributed by atoms with Crippen LogP contribution in [-0.4, -0.2) is 17.2 Å². The second-order valence-corrected chi connectivity index (χ2v) is 4.68. The highest BCUT2D eigenvalue weighted by atomic mass is 32.1. The Bertz CT molecular complexity index is 513. The van der Waals surface area contributed by atoms with Crippen molar-refractivity contribution >= 4 is 11.3 Å². The normalized spacial score (nSPS) is 10.8. The zero-order valence-electron chi connectivity index (χ0n) is 9.20. The Morgan fingerprint density at radius 3 is 2.71 bits per heavy atom. The third-order valence-electron chi connectivity index (χ3n) is 2.19. The fourth-order valence-corrected chi connectivity index (χ4v) is 2.29. The van der Waals surface area contributed by atoms with Gasteiger partial charge in [0.2, 0.25) is 0 Å². The molecule has 0 saturated carbocycles. The van der Waals surface area contributed by atoms with Gasteiger partial charge in [0, 0.05) is 19.0 Å². The molecule has 0 saturated heterocycles. The largest absolute Gasteiger partial charge is 0.313 e. The van der Waals surface area contributed by atoms with Gasteiger partial charge < -0.3 is 5.32 Å². The van der Waals surface area contributed by atoms with Crippen LogP contribution in [0, 0.1) is 11.6 Å². The molecular formula is C11H11F2N3S. The van der Waals surface area contributed by atoms with E-state index in [9.17, 15) is 8.78 Å². The monoisotopic (exact) mass is 255 g/mol. The maximum absolute atomic E-state index is 13.4. The van der Waals surface area contributed by atoms with Crippen molar-refractivity contribution in [2.75, 3.05) is 7.05 Å². The molecule has 1 aromatic carbocycles. The average molecular weight is 255 g/mol. The summed E-state index contributed by atoms with van der Waals surface area (Å²) in [6.07, 6.45) is 0.341. The maximum Gasteiger partial charge on any atom is 0.131 e. The molecule has 0 radical (unpaired) electrons. The summed E-state index contributed by atoms with van der Waals surface area (Å²) < 4.78 is 26.1. The van der Waals surface area contributed by atoms with E-state index in [0.29, 0.717) is 18.5 Å². The molecular weight excluding hydrogens is 244 g/mol. The summed E-state index contributed by atoms with van der Waals surface area (Å²) in [5.74, 6) is -1.12. The van der Waals surface area contributed by atoms with Crippen LogP contribution in [0.2, 0.25) is 0 Å². The van der Waals surface area contributed by atoms with Gasteiger partial charge in [0.05, 0.1) is 0 Å². The summed E-state index contributed by atoms with van der Waals surface area (Å²) in [6.45, 7) is 0.642. The first-order valence-electron chi connectivity index (χ1n) is 5.09. The Kier molecular flexibility index (Phi) is 3.75. The number of rotatable bonds is 4. The number of halogens is 2. The number of nitrogens with zero attached hydrogens (tertiary/aromatic N) is 2. The predicted octanol–water partition coefficient (Wildman–Crippen LogP) is 2.13. The topological polar surface area (TPSA) is 37.8 Å². The number of aromatic nitrogens is 2. The molecule has 0 atom stereocenters. The second-order valence-electron chi connectivity index (χ2n) is 3.53. The minimum atomic E-state index is -0.570. The summed E-state index contributed by atoms with van der Waals surface area (Å²) >= 11 is 1.42. The quantitative estimate of drug-likeness (QED) is 0.909. The highest BCUT2D eigenvalue weighted by Gasteiger charge is 2.08. The Morgan fingerprint density at radius 1 is 1.24 bits per heavy atom. The Hall–Kier alpha value is -1.40. The van der Waals surface area contributed by atoms with Gasteiger partial charge in [-0.3, -0.25) is 0 Å². The summed E-state index contributed by atoms with van der Waals surface area (Å²) in [5.41, 5.74) is 0.429. The van der Waals surface area contributed by atoms with E-state index >= 15 is 0 Å². The van der Waals surface area contributed by atoms with Crippen LogP contribution in [0.4, 0.5) is 8.78 Å². The molecule has 6 heteroatoms. The third kappa shape index (κ3) is 3.04. The van der Waals surface area contributed by atoms with Gasteiger partial charge in [0.15, 0.2) is 0 Å². The standard InChI is InChI=1S/C11H11F2N3S/c1-14-6-11-16-15-10(17-11)4-7-2-3-8(12)5-9(7)13/h2-3,5,14H,4,6H2,1H3. The highest BCUT2D eigenvalue weighted by Crippen LogP contribution is 2.17. The first kappa shape index (κ1) is 12.1. The lowest BCUT2D eigenvalue weighted by molar-refractivity contribution is 0.574. The van der Waals surface area contributed by atoms with Crippen LogP contribution in [-0.2, 0) is 13.0 Å². The SMILES string of the molecule is CNCc1nnc(Cc2ccc(F)cc2F)s1. The van der Waals surface area contributed by atoms with Gasteiger partial charge in [-0.1, -0.05) is 17.4 Å². The second kappa shape index (κ2) is 5.29. The molecule has 17 heavy (non-hydrogen) atoms. The number of hydrogen-bond donors (Lipinski definition) is 1. The van der Waals surface area contributed by atoms with Crippen LogP contribution in [0.25, 0.3) is 0 Å². The molecule has 0 spiro atoms. The van der Waals surface area contributed by atoms with Gasteiger partial charge in [-0.2, -0.15) is 0 Å². The van der Waals surface area contributed by atoms with Crippen molar-refractivity contribution in [3.63, 3.8) is 0 Å². The van der Waals surface area contributed by atoms with Crippen molar-refractivity contribution < 1.29 is 8.78 Å². The predicted molar refractivity (Wildman–Crippen MR) is 61.8 cm³/mol. The minimum absolute atomic E-state index is 0.341. The zero-order chi connectivity index (χ0) is 12.3. The Labute approximate surface area is 102 Å². The van der Waals surface area contributed by atoms with E-state index < -0.39 is 11.6 Å². The minimum Gasteiger partial charge on any atom is -0.313 e. The molecule has 3 nitrogen and oxygen atoms in total. The van der Waals surface area contributed by atoms with Crippen molar-refractivity contribution in [1.82, 2.24) is 15.5 Å². The third-order valence-corrected chi connectivity index (χ3v) is 3.12. The van der Waals surface area contributed by atoms with Gasteiger partial charge in [-0.25, -0.2) is 8.78 Å². The molecule has 2 rings (SSSR count). The van der Waals surface area contributed by atoms with Crippen LogP contribution in [0.3, 0.4) is 0 Å². The Balaban J connectivity index is 2.13. The molecule has 0 bridgehead atoms. The van der Waals surface area contributed by atoms with Crippen LogP contribution in [0.1, 0.15) is 15.6 Å². The molecule has 1 N–H and O–H groups in total. The van der Waals surface area contributed by atoms with E-state index in [0.717, 1.165) is 16.1 Å². The lowest BCUT2D eigenvalue weighted by atomic mass is 10.1. The molecule has 0 aliphatic carbocycles. The summed E-state index contributed by atoms with van der Waals surface area (Å²) in [5, 5.41) is 12.5. The van der Waals surface area contributed by atoms with Gasteiger partial charge in [-0.05, 0) is 18.7 Å². The van der Waals surface area contributed by atoms with E-state index in [4.69, 9.17) is 0 Å². The van der Waals surface area contributed by atoms with Crippen molar-refractivity contribution in [2.45, 2.75) is 13.0 Å². The molecule has 0 aliphatic heterocycles. The first-order valence-corrected chi connectivity index (χ1v) is 5.90. The number of hydrogen-bond acceptors (Lipinski definition) is 4.